The summed E-state index contributed by atoms with van der Waals surface area (Å²) in [5.74, 6) is 0.714. The second kappa shape index (κ2) is 8.79. The highest BCUT2D eigenvalue weighted by Crippen LogP contribution is 2.31. The molecule has 0 bridgehead atoms. The minimum Gasteiger partial charge on any atom is -0.456 e. The quantitative estimate of drug-likeness (QED) is 0.368. The number of imidazole rings is 1. The van der Waals surface area contributed by atoms with Gasteiger partial charge < -0.3 is 19.8 Å². The third-order valence-corrected chi connectivity index (χ3v) is 5.40. The number of ether oxygens (including phenoxy) is 1. The van der Waals surface area contributed by atoms with Gasteiger partial charge in [0.1, 0.15) is 17.1 Å². The summed E-state index contributed by atoms with van der Waals surface area (Å²) in [6.45, 7) is 0. The highest BCUT2D eigenvalue weighted by Gasteiger charge is 2.31. The van der Waals surface area contributed by atoms with Crippen LogP contribution in [0.4, 0.5) is 24.7 Å². The Morgan fingerprint density at radius 1 is 0.943 bits per heavy atom. The first kappa shape index (κ1) is 22.5. The number of alkyl halides is 3. The molecule has 2 aromatic carbocycles. The molecule has 0 unspecified atom stereocenters. The van der Waals surface area contributed by atoms with Crippen molar-refractivity contribution < 1.29 is 27.5 Å². The van der Waals surface area contributed by atoms with Gasteiger partial charge in [-0.3, -0.25) is 9.59 Å². The minimum atomic E-state index is -4.54. The zero-order valence-electron chi connectivity index (χ0n) is 18.2. The van der Waals surface area contributed by atoms with Gasteiger partial charge in [0.05, 0.1) is 18.0 Å². The SMILES string of the molecule is O=C(Nc1cccc(Oc2ccc3nc(NC(=O)C4CC4)cn3c2)c1)c1cccc(C(F)(F)F)c1. The number of rotatable bonds is 6. The maximum atomic E-state index is 12.9. The normalized spacial score (nSPS) is 13.5. The van der Waals surface area contributed by atoms with Gasteiger partial charge in [-0.25, -0.2) is 4.98 Å². The molecule has 0 saturated heterocycles. The van der Waals surface area contributed by atoms with E-state index < -0.39 is 17.6 Å². The Balaban J connectivity index is 1.28. The van der Waals surface area contributed by atoms with Gasteiger partial charge in [-0.2, -0.15) is 13.2 Å². The lowest BCUT2D eigenvalue weighted by Crippen LogP contribution is -2.13. The van der Waals surface area contributed by atoms with Gasteiger partial charge in [-0.1, -0.05) is 12.1 Å². The number of pyridine rings is 1. The summed E-state index contributed by atoms with van der Waals surface area (Å²) >= 11 is 0. The molecule has 0 atom stereocenters. The number of aromatic nitrogens is 2. The van der Waals surface area contributed by atoms with Crippen molar-refractivity contribution in [3.05, 3.63) is 84.2 Å². The topological polar surface area (TPSA) is 84.7 Å². The largest absolute Gasteiger partial charge is 0.456 e. The van der Waals surface area contributed by atoms with Crippen LogP contribution in [0.25, 0.3) is 5.65 Å². The van der Waals surface area contributed by atoms with Crippen LogP contribution in [0.1, 0.15) is 28.8 Å². The average molecular weight is 480 g/mol. The lowest BCUT2D eigenvalue weighted by Gasteiger charge is -2.11. The Morgan fingerprint density at radius 2 is 1.74 bits per heavy atom. The molecule has 1 aliphatic carbocycles. The molecule has 2 heterocycles. The molecule has 35 heavy (non-hydrogen) atoms. The number of amides is 2. The maximum Gasteiger partial charge on any atom is 0.416 e. The molecule has 0 aliphatic heterocycles. The van der Waals surface area contributed by atoms with Crippen molar-refractivity contribution in [1.82, 2.24) is 9.38 Å². The molecule has 1 fully saturated rings. The predicted octanol–water partition coefficient (Wildman–Crippen LogP) is 5.75. The summed E-state index contributed by atoms with van der Waals surface area (Å²) < 4.78 is 46.4. The summed E-state index contributed by atoms with van der Waals surface area (Å²) in [7, 11) is 0. The van der Waals surface area contributed by atoms with Gasteiger partial charge in [0.2, 0.25) is 5.91 Å². The molecule has 178 valence electrons. The summed E-state index contributed by atoms with van der Waals surface area (Å²) in [6.07, 6.45) is 0.647. The summed E-state index contributed by atoms with van der Waals surface area (Å²) in [6, 6.07) is 14.2. The molecule has 10 heteroatoms. The zero-order chi connectivity index (χ0) is 24.6. The van der Waals surface area contributed by atoms with Crippen LogP contribution in [-0.2, 0) is 11.0 Å². The number of carbonyl (C=O) groups excluding carboxylic acids is 2. The molecule has 1 saturated carbocycles. The molecule has 2 aromatic heterocycles. The number of benzene rings is 2. The number of anilines is 2. The van der Waals surface area contributed by atoms with Crippen LogP contribution < -0.4 is 15.4 Å². The van der Waals surface area contributed by atoms with Crippen LogP contribution in [0.2, 0.25) is 0 Å². The molecular weight excluding hydrogens is 461 g/mol. The van der Waals surface area contributed by atoms with Gasteiger partial charge >= 0.3 is 6.18 Å². The summed E-state index contributed by atoms with van der Waals surface area (Å²) in [5, 5.41) is 5.39. The van der Waals surface area contributed by atoms with Gasteiger partial charge in [0.15, 0.2) is 5.82 Å². The first-order chi connectivity index (χ1) is 16.7. The predicted molar refractivity (Wildman–Crippen MR) is 122 cm³/mol. The van der Waals surface area contributed by atoms with E-state index in [0.717, 1.165) is 25.0 Å². The monoisotopic (exact) mass is 480 g/mol. The highest BCUT2D eigenvalue weighted by molar-refractivity contribution is 6.04. The molecule has 0 radical (unpaired) electrons. The van der Waals surface area contributed by atoms with Crippen molar-refractivity contribution in [3.8, 4) is 11.5 Å². The number of nitrogens with one attached hydrogen (secondary N) is 2. The number of carbonyl (C=O) groups is 2. The van der Waals surface area contributed by atoms with Crippen molar-refractivity contribution >= 4 is 29.0 Å². The number of halogens is 3. The smallest absolute Gasteiger partial charge is 0.416 e. The fraction of sp³-hybridized carbons (Fsp3) is 0.160. The first-order valence-electron chi connectivity index (χ1n) is 10.8. The number of hydrogen-bond acceptors (Lipinski definition) is 4. The third kappa shape index (κ3) is 5.26. The average Bonchev–Trinajstić information content (AvgIpc) is 3.60. The van der Waals surface area contributed by atoms with Gasteiger partial charge in [0.25, 0.3) is 5.91 Å². The van der Waals surface area contributed by atoms with Crippen LogP contribution in [0, 0.1) is 5.92 Å². The van der Waals surface area contributed by atoms with Crippen molar-refractivity contribution in [2.75, 3.05) is 10.6 Å². The Bertz CT molecular complexity index is 1430. The van der Waals surface area contributed by atoms with E-state index in [-0.39, 0.29) is 17.4 Å². The summed E-state index contributed by atoms with van der Waals surface area (Å²) in [5.41, 5.74) is -0.0158. The first-order valence-corrected chi connectivity index (χ1v) is 10.8. The van der Waals surface area contributed by atoms with E-state index in [1.165, 1.54) is 12.1 Å². The van der Waals surface area contributed by atoms with Crippen LogP contribution in [-0.4, -0.2) is 21.2 Å². The van der Waals surface area contributed by atoms with Crippen molar-refractivity contribution in [1.29, 1.82) is 0 Å². The second-order valence-electron chi connectivity index (χ2n) is 8.18. The number of nitrogens with zero attached hydrogens (tertiary/aromatic N) is 2. The Morgan fingerprint density at radius 3 is 2.51 bits per heavy atom. The Kier molecular flexibility index (Phi) is 5.64. The van der Waals surface area contributed by atoms with Crippen LogP contribution >= 0.6 is 0 Å². The minimum absolute atomic E-state index is 0.0334. The molecule has 7 nitrogen and oxygen atoms in total. The number of hydrogen-bond donors (Lipinski definition) is 2. The van der Waals surface area contributed by atoms with Gasteiger partial charge in [0, 0.05) is 23.2 Å². The number of fused-ring (bicyclic) bond motifs is 1. The van der Waals surface area contributed by atoms with E-state index in [0.29, 0.717) is 28.7 Å². The fourth-order valence-corrected chi connectivity index (χ4v) is 3.48. The summed E-state index contributed by atoms with van der Waals surface area (Å²) in [4.78, 5) is 28.8. The van der Waals surface area contributed by atoms with Crippen LogP contribution in [0.3, 0.4) is 0 Å². The molecular formula is C25H19F3N4O3. The third-order valence-electron chi connectivity index (χ3n) is 5.40. The van der Waals surface area contributed by atoms with E-state index in [1.807, 2.05) is 0 Å². The molecule has 2 N–H and O–H groups in total. The van der Waals surface area contributed by atoms with E-state index in [1.54, 1.807) is 53.2 Å². The Hall–Kier alpha value is -4.34. The molecule has 4 aromatic rings. The standard InChI is InChI=1S/C25H19F3N4O3/c26-25(27,28)17-4-1-3-16(11-17)24(34)29-18-5-2-6-19(12-18)35-20-9-10-22-30-21(14-32(22)13-20)31-23(33)15-7-8-15/h1-6,9-15H,7-8H2,(H,29,34)(H,31,33). The van der Waals surface area contributed by atoms with Gasteiger partial charge in [-0.05, 0) is 55.3 Å². The van der Waals surface area contributed by atoms with Gasteiger partial charge in [-0.15, -0.1) is 0 Å². The van der Waals surface area contributed by atoms with Crippen molar-refractivity contribution in [2.24, 2.45) is 5.92 Å². The van der Waals surface area contributed by atoms with Crippen LogP contribution in [0.15, 0.2) is 73.1 Å². The highest BCUT2D eigenvalue weighted by atomic mass is 19.4. The van der Waals surface area contributed by atoms with Crippen LogP contribution in [0.5, 0.6) is 11.5 Å². The van der Waals surface area contributed by atoms with E-state index in [4.69, 9.17) is 4.74 Å². The van der Waals surface area contributed by atoms with E-state index >= 15 is 0 Å². The van der Waals surface area contributed by atoms with Crippen molar-refractivity contribution in [2.45, 2.75) is 19.0 Å². The molecule has 2 amide bonds. The molecule has 5 rings (SSSR count). The fourth-order valence-electron chi connectivity index (χ4n) is 3.48. The molecule has 0 spiro atoms. The second-order valence-corrected chi connectivity index (χ2v) is 8.18. The maximum absolute atomic E-state index is 12.9. The molecule has 1 aliphatic rings. The Labute approximate surface area is 197 Å². The van der Waals surface area contributed by atoms with Crippen molar-refractivity contribution in [3.63, 3.8) is 0 Å². The lowest BCUT2D eigenvalue weighted by molar-refractivity contribution is -0.137. The zero-order valence-corrected chi connectivity index (χ0v) is 18.2. The van der Waals surface area contributed by atoms with E-state index in [9.17, 15) is 22.8 Å². The lowest BCUT2D eigenvalue weighted by atomic mass is 10.1. The van der Waals surface area contributed by atoms with E-state index in [2.05, 4.69) is 15.6 Å².